The van der Waals surface area contributed by atoms with Gasteiger partial charge in [-0.25, -0.2) is 14.3 Å². The van der Waals surface area contributed by atoms with Crippen LogP contribution in [0.3, 0.4) is 0 Å². The van der Waals surface area contributed by atoms with E-state index in [1.807, 2.05) is 42.8 Å². The molecule has 11 heteroatoms. The fourth-order valence-electron chi connectivity index (χ4n) is 3.99. The van der Waals surface area contributed by atoms with Crippen molar-refractivity contribution in [3.8, 4) is 5.69 Å². The monoisotopic (exact) mass is 471 g/mol. The lowest BCUT2D eigenvalue weighted by molar-refractivity contribution is -0.142. The van der Waals surface area contributed by atoms with Gasteiger partial charge in [-0.15, -0.1) is 5.10 Å². The van der Waals surface area contributed by atoms with E-state index < -0.39 is 12.0 Å². The van der Waals surface area contributed by atoms with E-state index in [-0.39, 0.29) is 6.03 Å². The number of methoxy groups -OCH3 is 1. The normalized spacial score (nSPS) is 14.9. The maximum Gasteiger partial charge on any atom is 0.328 e. The number of piperazine rings is 1. The third-order valence-electron chi connectivity index (χ3n) is 5.82. The SMILES string of the molecule is COC(=O)[C@H](C)NC(=O)N1CCN(c2nnc(C)c3c(C)n(-c4ccc(Cl)cc4)nc23)CC1. The Morgan fingerprint density at radius 2 is 1.76 bits per heavy atom. The Bertz CT molecular complexity index is 1190. The first kappa shape index (κ1) is 22.8. The van der Waals surface area contributed by atoms with Gasteiger partial charge < -0.3 is 19.9 Å². The molecule has 0 radical (unpaired) electrons. The molecule has 33 heavy (non-hydrogen) atoms. The lowest BCUT2D eigenvalue weighted by Crippen LogP contribution is -2.54. The fraction of sp³-hybridized carbons (Fsp3) is 0.409. The predicted molar refractivity (Wildman–Crippen MR) is 125 cm³/mol. The van der Waals surface area contributed by atoms with Gasteiger partial charge in [0.05, 0.1) is 29.6 Å². The van der Waals surface area contributed by atoms with E-state index in [9.17, 15) is 9.59 Å². The van der Waals surface area contributed by atoms with Crippen LogP contribution >= 0.6 is 11.6 Å². The quantitative estimate of drug-likeness (QED) is 0.582. The summed E-state index contributed by atoms with van der Waals surface area (Å²) in [7, 11) is 1.29. The van der Waals surface area contributed by atoms with Crippen LogP contribution < -0.4 is 10.2 Å². The van der Waals surface area contributed by atoms with Crippen molar-refractivity contribution in [1.29, 1.82) is 0 Å². The molecule has 1 aliphatic rings. The van der Waals surface area contributed by atoms with Crippen LogP contribution in [0, 0.1) is 13.8 Å². The molecule has 1 atom stereocenters. The second-order valence-electron chi connectivity index (χ2n) is 7.97. The van der Waals surface area contributed by atoms with Gasteiger partial charge in [0.25, 0.3) is 0 Å². The fourth-order valence-corrected chi connectivity index (χ4v) is 4.12. The minimum atomic E-state index is -0.706. The van der Waals surface area contributed by atoms with Crippen molar-refractivity contribution in [2.75, 3.05) is 38.2 Å². The van der Waals surface area contributed by atoms with Gasteiger partial charge in [0, 0.05) is 31.2 Å². The average molecular weight is 472 g/mol. The molecule has 1 aliphatic heterocycles. The maximum atomic E-state index is 12.5. The molecular formula is C22H26ClN7O3. The number of nitrogens with zero attached hydrogens (tertiary/aromatic N) is 6. The summed E-state index contributed by atoms with van der Waals surface area (Å²) in [6.07, 6.45) is 0. The molecule has 3 heterocycles. The molecule has 3 aromatic rings. The van der Waals surface area contributed by atoms with Crippen molar-refractivity contribution in [2.45, 2.75) is 26.8 Å². The smallest absolute Gasteiger partial charge is 0.328 e. The van der Waals surface area contributed by atoms with Gasteiger partial charge in [0.2, 0.25) is 0 Å². The molecule has 0 bridgehead atoms. The van der Waals surface area contributed by atoms with Gasteiger partial charge in [0.15, 0.2) is 5.82 Å². The first-order chi connectivity index (χ1) is 15.8. The van der Waals surface area contributed by atoms with Crippen molar-refractivity contribution in [2.24, 2.45) is 0 Å². The number of anilines is 1. The summed E-state index contributed by atoms with van der Waals surface area (Å²) in [6, 6.07) is 6.50. The largest absolute Gasteiger partial charge is 0.467 e. The molecule has 1 fully saturated rings. The molecule has 174 valence electrons. The van der Waals surface area contributed by atoms with Crippen molar-refractivity contribution >= 4 is 40.3 Å². The Hall–Kier alpha value is -3.40. The summed E-state index contributed by atoms with van der Waals surface area (Å²) >= 11 is 6.04. The van der Waals surface area contributed by atoms with Gasteiger partial charge in [-0.1, -0.05) is 11.6 Å². The first-order valence-corrected chi connectivity index (χ1v) is 11.0. The van der Waals surface area contributed by atoms with E-state index in [0.29, 0.717) is 37.0 Å². The Kier molecular flexibility index (Phi) is 6.37. The number of carbonyl (C=O) groups is 2. The highest BCUT2D eigenvalue weighted by Crippen LogP contribution is 2.30. The second-order valence-corrected chi connectivity index (χ2v) is 8.41. The number of rotatable bonds is 4. The molecule has 0 saturated carbocycles. The number of nitrogens with one attached hydrogen (secondary N) is 1. The van der Waals surface area contributed by atoms with E-state index >= 15 is 0 Å². The predicted octanol–water partition coefficient (Wildman–Crippen LogP) is 2.48. The number of hydrogen-bond acceptors (Lipinski definition) is 7. The molecule has 1 aromatic carbocycles. The number of fused-ring (bicyclic) bond motifs is 1. The number of aromatic nitrogens is 4. The van der Waals surface area contributed by atoms with Gasteiger partial charge in [0.1, 0.15) is 11.6 Å². The number of esters is 1. The van der Waals surface area contributed by atoms with E-state index in [2.05, 4.69) is 25.2 Å². The molecule has 4 rings (SSSR count). The number of benzene rings is 1. The maximum absolute atomic E-state index is 12.5. The highest BCUT2D eigenvalue weighted by atomic mass is 35.5. The summed E-state index contributed by atoms with van der Waals surface area (Å²) in [5.74, 6) is 0.209. The summed E-state index contributed by atoms with van der Waals surface area (Å²) in [4.78, 5) is 27.8. The van der Waals surface area contributed by atoms with E-state index in [1.54, 1.807) is 11.8 Å². The molecule has 1 N–H and O–H groups in total. The zero-order chi connectivity index (χ0) is 23.7. The minimum absolute atomic E-state index is 0.296. The number of amides is 2. The molecule has 2 amide bonds. The van der Waals surface area contributed by atoms with Gasteiger partial charge >= 0.3 is 12.0 Å². The third kappa shape index (κ3) is 4.43. The topological polar surface area (TPSA) is 105 Å². The van der Waals surface area contributed by atoms with Crippen LogP contribution in [-0.2, 0) is 9.53 Å². The van der Waals surface area contributed by atoms with Gasteiger partial charge in [-0.3, -0.25) is 0 Å². The van der Waals surface area contributed by atoms with Crippen LogP contribution in [0.25, 0.3) is 16.6 Å². The number of urea groups is 1. The Balaban J connectivity index is 1.55. The van der Waals surface area contributed by atoms with Crippen LogP contribution in [0.15, 0.2) is 24.3 Å². The summed E-state index contributed by atoms with van der Waals surface area (Å²) in [5.41, 5.74) is 3.45. The number of ether oxygens (including phenoxy) is 1. The lowest BCUT2D eigenvalue weighted by Gasteiger charge is -2.35. The summed E-state index contributed by atoms with van der Waals surface area (Å²) < 4.78 is 6.54. The molecule has 10 nitrogen and oxygen atoms in total. The van der Waals surface area contributed by atoms with Crippen molar-refractivity contribution in [3.05, 3.63) is 40.7 Å². The summed E-state index contributed by atoms with van der Waals surface area (Å²) in [6.45, 7) is 7.62. The lowest BCUT2D eigenvalue weighted by atomic mass is 10.2. The van der Waals surface area contributed by atoms with Crippen molar-refractivity contribution in [3.63, 3.8) is 0 Å². The van der Waals surface area contributed by atoms with Crippen LogP contribution in [-0.4, -0.2) is 76.2 Å². The van der Waals surface area contributed by atoms with Gasteiger partial charge in [-0.05, 0) is 45.0 Å². The number of aryl methyl sites for hydroxylation is 2. The zero-order valence-electron chi connectivity index (χ0n) is 19.0. The molecule has 0 aliphatic carbocycles. The first-order valence-electron chi connectivity index (χ1n) is 10.7. The number of halogens is 1. The highest BCUT2D eigenvalue weighted by molar-refractivity contribution is 6.30. The molecule has 0 unspecified atom stereocenters. The van der Waals surface area contributed by atoms with Crippen molar-refractivity contribution < 1.29 is 14.3 Å². The number of hydrogen-bond donors (Lipinski definition) is 1. The Labute approximate surface area is 196 Å². The second kappa shape index (κ2) is 9.22. The molecule has 1 saturated heterocycles. The van der Waals surface area contributed by atoms with Crippen LogP contribution in [0.5, 0.6) is 0 Å². The highest BCUT2D eigenvalue weighted by Gasteiger charge is 2.27. The van der Waals surface area contributed by atoms with E-state index in [0.717, 1.165) is 28.0 Å². The van der Waals surface area contributed by atoms with Gasteiger partial charge in [-0.2, -0.15) is 10.2 Å². The van der Waals surface area contributed by atoms with Crippen LogP contribution in [0.4, 0.5) is 10.6 Å². The Morgan fingerprint density at radius 1 is 1.09 bits per heavy atom. The summed E-state index contributed by atoms with van der Waals surface area (Å²) in [5, 5.41) is 18.0. The zero-order valence-corrected chi connectivity index (χ0v) is 19.8. The molecule has 2 aromatic heterocycles. The molecule has 0 spiro atoms. The number of carbonyl (C=O) groups excluding carboxylic acids is 2. The van der Waals surface area contributed by atoms with E-state index in [1.165, 1.54) is 7.11 Å². The van der Waals surface area contributed by atoms with Crippen molar-refractivity contribution in [1.82, 2.24) is 30.2 Å². The van der Waals surface area contributed by atoms with E-state index in [4.69, 9.17) is 16.7 Å². The van der Waals surface area contributed by atoms with Crippen LogP contribution in [0.1, 0.15) is 18.3 Å². The molecular weight excluding hydrogens is 446 g/mol. The third-order valence-corrected chi connectivity index (χ3v) is 6.07. The Morgan fingerprint density at radius 3 is 2.39 bits per heavy atom. The average Bonchev–Trinajstić information content (AvgIpc) is 3.17. The van der Waals surface area contributed by atoms with Crippen LogP contribution in [0.2, 0.25) is 5.02 Å². The standard InChI is InChI=1S/C22H26ClN7O3/c1-13-18-15(3)30(17-7-5-16(23)6-8-17)27-19(18)20(26-25-13)28-9-11-29(12-10-28)22(32)24-14(2)21(31)33-4/h5-8,14H,9-12H2,1-4H3,(H,24,32)/t14-/m0/s1. The minimum Gasteiger partial charge on any atom is -0.467 e.